The summed E-state index contributed by atoms with van der Waals surface area (Å²) in [5, 5.41) is 12.9. The number of carbonyl (C=O) groups is 1. The highest BCUT2D eigenvalue weighted by atomic mass is 35.5. The highest BCUT2D eigenvalue weighted by Crippen LogP contribution is 2.21. The zero-order valence-electron chi connectivity index (χ0n) is 11.7. The Balaban J connectivity index is 2.46. The first-order valence-corrected chi connectivity index (χ1v) is 6.86. The van der Waals surface area contributed by atoms with Crippen LogP contribution >= 0.6 is 11.6 Å². The summed E-state index contributed by atoms with van der Waals surface area (Å²) in [6, 6.07) is 7.34. The average Bonchev–Trinajstić information content (AvgIpc) is 2.28. The average molecular weight is 284 g/mol. The molecule has 1 atom stereocenters. The van der Waals surface area contributed by atoms with Crippen molar-refractivity contribution >= 4 is 17.5 Å². The minimum atomic E-state index is -0.365. The van der Waals surface area contributed by atoms with E-state index in [1.54, 1.807) is 13.0 Å². The molecule has 1 aromatic carbocycles. The zero-order valence-corrected chi connectivity index (χ0v) is 12.5. The van der Waals surface area contributed by atoms with Crippen LogP contribution in [0, 0.1) is 5.41 Å². The van der Waals surface area contributed by atoms with Crippen LogP contribution in [0.3, 0.4) is 0 Å². The Morgan fingerprint density at radius 2 is 2.05 bits per heavy atom. The van der Waals surface area contributed by atoms with Crippen molar-refractivity contribution in [3.63, 3.8) is 0 Å². The standard InChI is InChI=1S/C15H22ClNO2/c1-11(18)9-15(2,3)10-17-14(19)8-12-6-4-5-7-13(12)16/h4-7,11,18H,8-10H2,1-3H3,(H,17,19). The van der Waals surface area contributed by atoms with Crippen LogP contribution in [-0.4, -0.2) is 23.7 Å². The van der Waals surface area contributed by atoms with Crippen LogP contribution in [0.2, 0.25) is 5.02 Å². The molecule has 0 aliphatic carbocycles. The lowest BCUT2D eigenvalue weighted by Crippen LogP contribution is -2.36. The maximum absolute atomic E-state index is 11.9. The van der Waals surface area contributed by atoms with E-state index in [1.807, 2.05) is 32.0 Å². The van der Waals surface area contributed by atoms with Gasteiger partial charge in [0, 0.05) is 11.6 Å². The monoisotopic (exact) mass is 283 g/mol. The summed E-state index contributed by atoms with van der Waals surface area (Å²) in [7, 11) is 0. The number of aliphatic hydroxyl groups excluding tert-OH is 1. The molecule has 0 fully saturated rings. The molecule has 1 unspecified atom stereocenters. The molecule has 0 aromatic heterocycles. The van der Waals surface area contributed by atoms with Crippen LogP contribution in [0.25, 0.3) is 0 Å². The van der Waals surface area contributed by atoms with Crippen LogP contribution in [0.4, 0.5) is 0 Å². The quantitative estimate of drug-likeness (QED) is 0.843. The number of carbonyl (C=O) groups excluding carboxylic acids is 1. The molecule has 0 aliphatic rings. The van der Waals surface area contributed by atoms with Crippen molar-refractivity contribution in [1.82, 2.24) is 5.32 Å². The SMILES string of the molecule is CC(O)CC(C)(C)CNC(=O)Cc1ccccc1Cl. The largest absolute Gasteiger partial charge is 0.393 e. The molecule has 19 heavy (non-hydrogen) atoms. The van der Waals surface area contributed by atoms with E-state index in [0.717, 1.165) is 5.56 Å². The number of amides is 1. The Morgan fingerprint density at radius 3 is 2.63 bits per heavy atom. The van der Waals surface area contributed by atoms with Gasteiger partial charge in [0.25, 0.3) is 0 Å². The minimum Gasteiger partial charge on any atom is -0.393 e. The van der Waals surface area contributed by atoms with Gasteiger partial charge in [-0.05, 0) is 30.4 Å². The molecule has 0 saturated heterocycles. The summed E-state index contributed by atoms with van der Waals surface area (Å²) in [6.45, 7) is 6.35. The molecule has 0 spiro atoms. The molecular formula is C15H22ClNO2. The summed E-state index contributed by atoms with van der Waals surface area (Å²) in [5.41, 5.74) is 0.708. The fraction of sp³-hybridized carbons (Fsp3) is 0.533. The van der Waals surface area contributed by atoms with Crippen molar-refractivity contribution in [2.75, 3.05) is 6.54 Å². The maximum Gasteiger partial charge on any atom is 0.224 e. The molecule has 0 aliphatic heterocycles. The number of rotatable bonds is 6. The third-order valence-corrected chi connectivity index (χ3v) is 3.29. The molecule has 0 radical (unpaired) electrons. The Morgan fingerprint density at radius 1 is 1.42 bits per heavy atom. The third-order valence-electron chi connectivity index (χ3n) is 2.92. The first-order valence-electron chi connectivity index (χ1n) is 6.48. The van der Waals surface area contributed by atoms with Crippen molar-refractivity contribution in [3.05, 3.63) is 34.9 Å². The molecule has 0 heterocycles. The predicted octanol–water partition coefficient (Wildman–Crippen LogP) is 2.80. The van der Waals surface area contributed by atoms with Crippen LogP contribution in [-0.2, 0) is 11.2 Å². The van der Waals surface area contributed by atoms with Crippen LogP contribution < -0.4 is 5.32 Å². The molecule has 0 saturated carbocycles. The van der Waals surface area contributed by atoms with Gasteiger partial charge in [0.2, 0.25) is 5.91 Å². The summed E-state index contributed by atoms with van der Waals surface area (Å²) in [5.74, 6) is -0.0493. The number of hydrogen-bond acceptors (Lipinski definition) is 2. The Hall–Kier alpha value is -1.06. The number of hydrogen-bond donors (Lipinski definition) is 2. The summed E-state index contributed by atoms with van der Waals surface area (Å²) < 4.78 is 0. The first kappa shape index (κ1) is 16.0. The molecule has 106 valence electrons. The second-order valence-corrected chi connectivity index (χ2v) is 6.17. The van der Waals surface area contributed by atoms with E-state index in [9.17, 15) is 9.90 Å². The summed E-state index contributed by atoms with van der Waals surface area (Å²) in [6.07, 6.45) is 0.569. The number of benzene rings is 1. The van der Waals surface area contributed by atoms with Crippen molar-refractivity contribution in [1.29, 1.82) is 0 Å². The molecule has 2 N–H and O–H groups in total. The lowest BCUT2D eigenvalue weighted by atomic mass is 9.87. The molecule has 1 rings (SSSR count). The number of aliphatic hydroxyl groups is 1. The van der Waals surface area contributed by atoms with Gasteiger partial charge in [0.1, 0.15) is 0 Å². The first-order chi connectivity index (χ1) is 8.80. The smallest absolute Gasteiger partial charge is 0.224 e. The van der Waals surface area contributed by atoms with E-state index in [-0.39, 0.29) is 23.8 Å². The summed E-state index contributed by atoms with van der Waals surface area (Å²) in [4.78, 5) is 11.9. The van der Waals surface area contributed by atoms with E-state index in [0.29, 0.717) is 18.0 Å². The second kappa shape index (κ2) is 6.92. The van der Waals surface area contributed by atoms with Gasteiger partial charge in [-0.25, -0.2) is 0 Å². The number of halogens is 1. The fourth-order valence-electron chi connectivity index (χ4n) is 2.09. The van der Waals surface area contributed by atoms with Gasteiger partial charge >= 0.3 is 0 Å². The van der Waals surface area contributed by atoms with Crippen molar-refractivity contribution < 1.29 is 9.90 Å². The number of nitrogens with one attached hydrogen (secondary N) is 1. The molecule has 1 amide bonds. The lowest BCUT2D eigenvalue weighted by molar-refractivity contribution is -0.121. The van der Waals surface area contributed by atoms with E-state index < -0.39 is 0 Å². The lowest BCUT2D eigenvalue weighted by Gasteiger charge is -2.26. The maximum atomic E-state index is 11.9. The Bertz CT molecular complexity index is 430. The predicted molar refractivity (Wildman–Crippen MR) is 78.2 cm³/mol. The van der Waals surface area contributed by atoms with Crippen molar-refractivity contribution in [2.24, 2.45) is 5.41 Å². The molecule has 1 aromatic rings. The van der Waals surface area contributed by atoms with Crippen LogP contribution in [0.1, 0.15) is 32.8 Å². The van der Waals surface area contributed by atoms with Gasteiger partial charge in [-0.1, -0.05) is 43.6 Å². The van der Waals surface area contributed by atoms with Gasteiger partial charge in [-0.2, -0.15) is 0 Å². The minimum absolute atomic E-state index is 0.0493. The van der Waals surface area contributed by atoms with Gasteiger partial charge in [0.05, 0.1) is 12.5 Å². The van der Waals surface area contributed by atoms with Crippen LogP contribution in [0.15, 0.2) is 24.3 Å². The summed E-state index contributed by atoms with van der Waals surface area (Å²) >= 11 is 6.01. The van der Waals surface area contributed by atoms with E-state index in [1.165, 1.54) is 0 Å². The fourth-order valence-corrected chi connectivity index (χ4v) is 2.29. The highest BCUT2D eigenvalue weighted by molar-refractivity contribution is 6.31. The van der Waals surface area contributed by atoms with Gasteiger partial charge < -0.3 is 10.4 Å². The second-order valence-electron chi connectivity index (χ2n) is 5.76. The zero-order chi connectivity index (χ0) is 14.5. The van der Waals surface area contributed by atoms with E-state index >= 15 is 0 Å². The molecule has 0 bridgehead atoms. The van der Waals surface area contributed by atoms with E-state index in [2.05, 4.69) is 5.32 Å². The highest BCUT2D eigenvalue weighted by Gasteiger charge is 2.21. The normalized spacial score (nSPS) is 13.1. The Labute approximate surface area is 120 Å². The molecule has 4 heteroatoms. The van der Waals surface area contributed by atoms with Gasteiger partial charge in [-0.15, -0.1) is 0 Å². The van der Waals surface area contributed by atoms with E-state index in [4.69, 9.17) is 11.6 Å². The molecule has 3 nitrogen and oxygen atoms in total. The van der Waals surface area contributed by atoms with Crippen LogP contribution in [0.5, 0.6) is 0 Å². The van der Waals surface area contributed by atoms with Crippen molar-refractivity contribution in [3.8, 4) is 0 Å². The van der Waals surface area contributed by atoms with Gasteiger partial charge in [-0.3, -0.25) is 4.79 Å². The Kier molecular flexibility index (Phi) is 5.83. The third kappa shape index (κ3) is 6.08. The van der Waals surface area contributed by atoms with Crippen molar-refractivity contribution in [2.45, 2.75) is 39.7 Å². The molecular weight excluding hydrogens is 262 g/mol. The van der Waals surface area contributed by atoms with Gasteiger partial charge in [0.15, 0.2) is 0 Å². The topological polar surface area (TPSA) is 49.3 Å².